The lowest BCUT2D eigenvalue weighted by atomic mass is 9.96. The second kappa shape index (κ2) is 12.3. The molecule has 0 radical (unpaired) electrons. The van der Waals surface area contributed by atoms with E-state index in [4.69, 9.17) is 4.84 Å². The predicted molar refractivity (Wildman–Crippen MR) is 157 cm³/mol. The first-order chi connectivity index (χ1) is 19.8. The van der Waals surface area contributed by atoms with Gasteiger partial charge in [-0.15, -0.1) is 0 Å². The van der Waals surface area contributed by atoms with Crippen molar-refractivity contribution in [1.29, 1.82) is 0 Å². The van der Waals surface area contributed by atoms with Crippen molar-refractivity contribution in [3.8, 4) is 0 Å². The third-order valence-corrected chi connectivity index (χ3v) is 7.24. The summed E-state index contributed by atoms with van der Waals surface area (Å²) >= 11 is 0. The number of piperazine rings is 1. The number of carboxylic acid groups (broad SMARTS) is 1. The van der Waals surface area contributed by atoms with Crippen molar-refractivity contribution in [2.24, 2.45) is 0 Å². The molecule has 4 N–H and O–H groups in total. The van der Waals surface area contributed by atoms with Crippen molar-refractivity contribution in [1.82, 2.24) is 15.3 Å². The summed E-state index contributed by atoms with van der Waals surface area (Å²) in [7, 11) is 1.61. The highest BCUT2D eigenvalue weighted by molar-refractivity contribution is 6.37. The molecule has 0 aliphatic carbocycles. The zero-order valence-corrected chi connectivity index (χ0v) is 23.1. The van der Waals surface area contributed by atoms with Gasteiger partial charge in [-0.25, -0.2) is 9.86 Å². The SMILES string of the molecule is Cc1cc2c(cc1C(=O)O)NC(=O)/C2=C(\Nc1ccc(C(=O)N(C)OCCN2CCNCC2)cc1)c1ccccc1. The minimum absolute atomic E-state index is 0.137. The first-order valence-electron chi connectivity index (χ1n) is 13.5. The van der Waals surface area contributed by atoms with Gasteiger partial charge in [0.05, 0.1) is 29.1 Å². The molecule has 10 nitrogen and oxygen atoms in total. The van der Waals surface area contributed by atoms with Gasteiger partial charge in [-0.05, 0) is 54.4 Å². The van der Waals surface area contributed by atoms with E-state index in [1.807, 2.05) is 30.3 Å². The molecule has 0 saturated carbocycles. The van der Waals surface area contributed by atoms with Gasteiger partial charge >= 0.3 is 5.97 Å². The van der Waals surface area contributed by atoms with Crippen LogP contribution in [0.4, 0.5) is 11.4 Å². The fourth-order valence-corrected chi connectivity index (χ4v) is 5.01. The first-order valence-corrected chi connectivity index (χ1v) is 13.5. The molecule has 3 aromatic rings. The van der Waals surface area contributed by atoms with Crippen LogP contribution in [-0.4, -0.2) is 79.2 Å². The molecule has 3 aromatic carbocycles. The smallest absolute Gasteiger partial charge is 0.336 e. The first kappa shape index (κ1) is 28.0. The van der Waals surface area contributed by atoms with Gasteiger partial charge in [-0.2, -0.15) is 0 Å². The molecule has 212 valence electrons. The quantitative estimate of drug-likeness (QED) is 0.234. The summed E-state index contributed by atoms with van der Waals surface area (Å²) in [5, 5.41) is 20.3. The Morgan fingerprint density at radius 2 is 1.73 bits per heavy atom. The summed E-state index contributed by atoms with van der Waals surface area (Å²) < 4.78 is 0. The number of aryl methyl sites for hydroxylation is 1. The Morgan fingerprint density at radius 3 is 2.41 bits per heavy atom. The maximum atomic E-state index is 13.2. The number of nitrogens with one attached hydrogen (secondary N) is 3. The Balaban J connectivity index is 1.36. The summed E-state index contributed by atoms with van der Waals surface area (Å²) in [6, 6.07) is 19.6. The largest absolute Gasteiger partial charge is 0.478 e. The van der Waals surface area contributed by atoms with Crippen LogP contribution in [0.15, 0.2) is 66.7 Å². The third-order valence-electron chi connectivity index (χ3n) is 7.24. The Kier molecular flexibility index (Phi) is 8.44. The van der Waals surface area contributed by atoms with E-state index >= 15 is 0 Å². The molecule has 10 heteroatoms. The summed E-state index contributed by atoms with van der Waals surface area (Å²) in [4.78, 5) is 45.8. The number of hydrogen-bond acceptors (Lipinski definition) is 7. The van der Waals surface area contributed by atoms with Crippen molar-refractivity contribution in [3.63, 3.8) is 0 Å². The second-order valence-corrected chi connectivity index (χ2v) is 10.0. The van der Waals surface area contributed by atoms with Crippen molar-refractivity contribution in [2.45, 2.75) is 6.92 Å². The molecular formula is C31H33N5O5. The number of hydroxylamine groups is 2. The van der Waals surface area contributed by atoms with E-state index in [2.05, 4.69) is 20.9 Å². The van der Waals surface area contributed by atoms with E-state index in [1.54, 1.807) is 44.3 Å². The van der Waals surface area contributed by atoms with Crippen molar-refractivity contribution in [2.75, 3.05) is 57.0 Å². The lowest BCUT2D eigenvalue weighted by Crippen LogP contribution is -2.45. The van der Waals surface area contributed by atoms with Gasteiger partial charge in [-0.3, -0.25) is 19.3 Å². The molecule has 0 bridgehead atoms. The number of fused-ring (bicyclic) bond motifs is 1. The lowest BCUT2D eigenvalue weighted by Gasteiger charge is -2.27. The Hall–Kier alpha value is -4.51. The van der Waals surface area contributed by atoms with E-state index in [9.17, 15) is 19.5 Å². The molecule has 2 aliphatic rings. The molecule has 0 atom stereocenters. The molecule has 2 heterocycles. The maximum Gasteiger partial charge on any atom is 0.336 e. The highest BCUT2D eigenvalue weighted by atomic mass is 16.7. The van der Waals surface area contributed by atoms with Gasteiger partial charge in [0.1, 0.15) is 0 Å². The van der Waals surface area contributed by atoms with Gasteiger partial charge in [0, 0.05) is 56.6 Å². The zero-order chi connectivity index (χ0) is 28.9. The Morgan fingerprint density at radius 1 is 1.02 bits per heavy atom. The van der Waals surface area contributed by atoms with Crippen LogP contribution < -0.4 is 16.0 Å². The monoisotopic (exact) mass is 555 g/mol. The van der Waals surface area contributed by atoms with Crippen LogP contribution in [-0.2, 0) is 9.63 Å². The molecule has 0 aromatic heterocycles. The van der Waals surface area contributed by atoms with Crippen LogP contribution in [0, 0.1) is 6.92 Å². The number of nitrogens with zero attached hydrogens (tertiary/aromatic N) is 2. The number of benzene rings is 3. The average molecular weight is 556 g/mol. The molecular weight excluding hydrogens is 522 g/mol. The van der Waals surface area contributed by atoms with Gasteiger partial charge in [0.2, 0.25) is 0 Å². The number of carboxylic acids is 1. The van der Waals surface area contributed by atoms with Crippen LogP contribution in [0.25, 0.3) is 11.3 Å². The van der Waals surface area contributed by atoms with Crippen molar-refractivity contribution >= 4 is 40.4 Å². The van der Waals surface area contributed by atoms with Crippen LogP contribution in [0.1, 0.15) is 37.4 Å². The van der Waals surface area contributed by atoms with Crippen LogP contribution in [0.5, 0.6) is 0 Å². The van der Waals surface area contributed by atoms with E-state index < -0.39 is 5.97 Å². The average Bonchev–Trinajstić information content (AvgIpc) is 3.30. The van der Waals surface area contributed by atoms with Gasteiger partial charge in [0.15, 0.2) is 0 Å². The summed E-state index contributed by atoms with van der Waals surface area (Å²) in [6.07, 6.45) is 0. The Bertz CT molecular complexity index is 1480. The standard InChI is InChI=1S/C31H33N5O5/c1-20-18-25-26(19-24(20)31(39)40)34-29(37)27(25)28(21-6-4-3-5-7-21)33-23-10-8-22(9-11-23)30(38)35(2)41-17-16-36-14-12-32-13-15-36/h3-11,18-19,32-33H,12-17H2,1-2H3,(H,34,37)(H,39,40)/b28-27-. The second-order valence-electron chi connectivity index (χ2n) is 10.0. The number of carbonyl (C=O) groups excluding carboxylic acids is 2. The normalized spacial score (nSPS) is 16.1. The van der Waals surface area contributed by atoms with Crippen LogP contribution in [0.3, 0.4) is 0 Å². The number of amides is 2. The number of carbonyl (C=O) groups is 3. The molecule has 41 heavy (non-hydrogen) atoms. The molecule has 0 unspecified atom stereocenters. The minimum Gasteiger partial charge on any atom is -0.478 e. The highest BCUT2D eigenvalue weighted by Gasteiger charge is 2.30. The fourth-order valence-electron chi connectivity index (χ4n) is 5.01. The van der Waals surface area contributed by atoms with Crippen LogP contribution >= 0.6 is 0 Å². The predicted octanol–water partition coefficient (Wildman–Crippen LogP) is 3.53. The van der Waals surface area contributed by atoms with E-state index in [-0.39, 0.29) is 17.4 Å². The van der Waals surface area contributed by atoms with Gasteiger partial charge in [0.25, 0.3) is 11.8 Å². The fraction of sp³-hybridized carbons (Fsp3) is 0.258. The molecule has 5 rings (SSSR count). The van der Waals surface area contributed by atoms with E-state index in [1.165, 1.54) is 11.1 Å². The Labute approximate surface area is 238 Å². The summed E-state index contributed by atoms with van der Waals surface area (Å²) in [5.41, 5.74) is 4.66. The molecule has 2 amide bonds. The summed E-state index contributed by atoms with van der Waals surface area (Å²) in [5.74, 6) is -1.64. The van der Waals surface area contributed by atoms with Gasteiger partial charge in [-0.1, -0.05) is 30.3 Å². The van der Waals surface area contributed by atoms with Crippen molar-refractivity contribution in [3.05, 3.63) is 94.5 Å². The van der Waals surface area contributed by atoms with Crippen LogP contribution in [0.2, 0.25) is 0 Å². The zero-order valence-electron chi connectivity index (χ0n) is 23.1. The molecule has 0 spiro atoms. The third kappa shape index (κ3) is 6.30. The van der Waals surface area contributed by atoms with Crippen molar-refractivity contribution < 1.29 is 24.3 Å². The maximum absolute atomic E-state index is 13.2. The van der Waals surface area contributed by atoms with E-state index in [0.29, 0.717) is 45.9 Å². The van der Waals surface area contributed by atoms with Gasteiger partial charge < -0.3 is 21.1 Å². The molecule has 1 saturated heterocycles. The highest BCUT2D eigenvalue weighted by Crippen LogP contribution is 2.39. The number of anilines is 2. The molecule has 1 fully saturated rings. The topological polar surface area (TPSA) is 123 Å². The lowest BCUT2D eigenvalue weighted by molar-refractivity contribution is -0.110. The molecule has 2 aliphatic heterocycles. The number of hydrogen-bond donors (Lipinski definition) is 4. The van der Waals surface area contributed by atoms with E-state index in [0.717, 1.165) is 38.3 Å². The minimum atomic E-state index is -1.05. The number of rotatable bonds is 9. The summed E-state index contributed by atoms with van der Waals surface area (Å²) in [6.45, 7) is 6.74. The number of aromatic carboxylic acids is 1.